The summed E-state index contributed by atoms with van der Waals surface area (Å²) in [4.78, 5) is 0. The highest BCUT2D eigenvalue weighted by molar-refractivity contribution is 7.97. The first-order chi connectivity index (χ1) is 6.72. The summed E-state index contributed by atoms with van der Waals surface area (Å²) in [6.07, 6.45) is 4.12. The molecule has 14 heavy (non-hydrogen) atoms. The van der Waals surface area contributed by atoms with Crippen LogP contribution in [0.15, 0.2) is 24.4 Å². The monoisotopic (exact) mass is 209 g/mol. The molecule has 74 valence electrons. The van der Waals surface area contributed by atoms with Gasteiger partial charge in [-0.2, -0.15) is 11.8 Å². The van der Waals surface area contributed by atoms with Crippen LogP contribution in [-0.4, -0.2) is 10.8 Å². The number of fused-ring (bicyclic) bond motifs is 1. The molecule has 0 radical (unpaired) electrons. The number of benzene rings is 1. The third-order valence-electron chi connectivity index (χ3n) is 2.33. The van der Waals surface area contributed by atoms with Crippen LogP contribution in [0.2, 0.25) is 0 Å². The molecule has 0 saturated carbocycles. The number of nitrogens with zero attached hydrogens (tertiary/aromatic N) is 1. The van der Waals surface area contributed by atoms with E-state index < -0.39 is 0 Å². The molecule has 2 rings (SSSR count). The molecule has 0 amide bonds. The molecule has 0 saturated heterocycles. The van der Waals surface area contributed by atoms with Gasteiger partial charge in [0.2, 0.25) is 0 Å². The van der Waals surface area contributed by atoms with Crippen molar-refractivity contribution in [2.75, 3.05) is 6.26 Å². The van der Waals surface area contributed by atoms with Crippen LogP contribution in [0.1, 0.15) is 5.56 Å². The number of hydrogen-bond donors (Lipinski definition) is 0. The summed E-state index contributed by atoms with van der Waals surface area (Å²) in [5.41, 5.74) is 2.30. The highest BCUT2D eigenvalue weighted by Crippen LogP contribution is 2.24. The molecule has 0 aliphatic heterocycles. The van der Waals surface area contributed by atoms with Gasteiger partial charge in [-0.15, -0.1) is 0 Å². The molecule has 1 heterocycles. The van der Waals surface area contributed by atoms with E-state index in [0.29, 0.717) is 0 Å². The molecule has 0 aliphatic carbocycles. The second kappa shape index (κ2) is 3.65. The zero-order valence-electron chi connectivity index (χ0n) is 8.25. The Balaban J connectivity index is 2.66. The zero-order chi connectivity index (χ0) is 10.1. The Hall–Kier alpha value is -0.960. The van der Waals surface area contributed by atoms with E-state index in [9.17, 15) is 4.39 Å². The van der Waals surface area contributed by atoms with Crippen LogP contribution in [0.4, 0.5) is 4.39 Å². The molecule has 1 aromatic carbocycles. The Bertz CT molecular complexity index is 462. The van der Waals surface area contributed by atoms with Crippen molar-refractivity contribution >= 4 is 22.7 Å². The fourth-order valence-corrected chi connectivity index (χ4v) is 2.26. The van der Waals surface area contributed by atoms with Gasteiger partial charge in [0.1, 0.15) is 5.82 Å². The molecule has 3 heteroatoms. The van der Waals surface area contributed by atoms with E-state index in [2.05, 4.69) is 12.5 Å². The maximum atomic E-state index is 13.1. The van der Waals surface area contributed by atoms with Gasteiger partial charge in [-0.05, 0) is 30.0 Å². The highest BCUT2D eigenvalue weighted by atomic mass is 32.2. The van der Waals surface area contributed by atoms with Gasteiger partial charge in [0, 0.05) is 29.9 Å². The van der Waals surface area contributed by atoms with Gasteiger partial charge in [0.15, 0.2) is 0 Å². The molecule has 1 aromatic heterocycles. The van der Waals surface area contributed by atoms with Crippen molar-refractivity contribution < 1.29 is 4.39 Å². The quantitative estimate of drug-likeness (QED) is 0.735. The molecule has 0 spiro atoms. The predicted molar refractivity (Wildman–Crippen MR) is 60.1 cm³/mol. The van der Waals surface area contributed by atoms with E-state index >= 15 is 0 Å². The van der Waals surface area contributed by atoms with Gasteiger partial charge < -0.3 is 4.57 Å². The average Bonchev–Trinajstić information content (AvgIpc) is 2.44. The van der Waals surface area contributed by atoms with Crippen LogP contribution in [0.3, 0.4) is 0 Å². The van der Waals surface area contributed by atoms with Crippen LogP contribution in [0.25, 0.3) is 10.9 Å². The smallest absolute Gasteiger partial charge is 0.123 e. The number of rotatable bonds is 2. The fraction of sp³-hybridized carbons (Fsp3) is 0.273. The summed E-state index contributed by atoms with van der Waals surface area (Å²) < 4.78 is 15.1. The number of halogens is 1. The Kier molecular flexibility index (Phi) is 2.50. The van der Waals surface area contributed by atoms with E-state index in [1.165, 1.54) is 11.6 Å². The lowest BCUT2D eigenvalue weighted by Gasteiger charge is -1.96. The van der Waals surface area contributed by atoms with Crippen LogP contribution < -0.4 is 0 Å². The van der Waals surface area contributed by atoms with Crippen LogP contribution in [0.5, 0.6) is 0 Å². The minimum Gasteiger partial charge on any atom is -0.350 e. The maximum absolute atomic E-state index is 13.1. The van der Waals surface area contributed by atoms with E-state index in [-0.39, 0.29) is 5.82 Å². The first kappa shape index (κ1) is 9.59. The summed E-state index contributed by atoms with van der Waals surface area (Å²) in [5, 5.41) is 1.03. The number of hydrogen-bond acceptors (Lipinski definition) is 1. The van der Waals surface area contributed by atoms with E-state index in [4.69, 9.17) is 0 Å². The molecule has 0 aliphatic rings. The highest BCUT2D eigenvalue weighted by Gasteiger charge is 2.06. The van der Waals surface area contributed by atoms with Gasteiger partial charge in [0.25, 0.3) is 0 Å². The molecule has 0 atom stereocenters. The van der Waals surface area contributed by atoms with Crippen LogP contribution >= 0.6 is 11.8 Å². The molecule has 0 bridgehead atoms. The summed E-state index contributed by atoms with van der Waals surface area (Å²) in [6, 6.07) is 4.95. The molecular formula is C11H12FNS. The summed E-state index contributed by atoms with van der Waals surface area (Å²) in [6.45, 7) is 0. The van der Waals surface area contributed by atoms with Crippen LogP contribution in [0, 0.1) is 5.82 Å². The molecule has 0 unspecified atom stereocenters. The largest absolute Gasteiger partial charge is 0.350 e. The topological polar surface area (TPSA) is 4.93 Å². The van der Waals surface area contributed by atoms with Crippen molar-refractivity contribution in [3.05, 3.63) is 35.8 Å². The standard InChI is InChI=1S/C11H12FNS/c1-13-6-8(7-14-2)10-5-9(12)3-4-11(10)13/h3-6H,7H2,1-2H3. The lowest BCUT2D eigenvalue weighted by molar-refractivity contribution is 0.629. The van der Waals surface area contributed by atoms with E-state index in [1.54, 1.807) is 17.8 Å². The minimum absolute atomic E-state index is 0.161. The first-order valence-corrected chi connectivity index (χ1v) is 5.84. The fourth-order valence-electron chi connectivity index (χ4n) is 1.72. The number of aromatic nitrogens is 1. The van der Waals surface area contributed by atoms with Gasteiger partial charge in [-0.25, -0.2) is 4.39 Å². The summed E-state index contributed by atoms with van der Waals surface area (Å²) in [5.74, 6) is 0.770. The molecule has 0 fully saturated rings. The normalized spacial score (nSPS) is 11.1. The lowest BCUT2D eigenvalue weighted by atomic mass is 10.2. The van der Waals surface area contributed by atoms with Crippen molar-refractivity contribution in [3.63, 3.8) is 0 Å². The number of aryl methyl sites for hydroxylation is 1. The van der Waals surface area contributed by atoms with Crippen molar-refractivity contribution in [2.24, 2.45) is 7.05 Å². The first-order valence-electron chi connectivity index (χ1n) is 4.45. The Labute approximate surface area is 86.9 Å². The molecule has 1 nitrogen and oxygen atoms in total. The van der Waals surface area contributed by atoms with Crippen molar-refractivity contribution in [1.29, 1.82) is 0 Å². The van der Waals surface area contributed by atoms with Gasteiger partial charge in [-0.3, -0.25) is 0 Å². The van der Waals surface area contributed by atoms with E-state index in [0.717, 1.165) is 16.7 Å². The van der Waals surface area contributed by atoms with Crippen molar-refractivity contribution in [1.82, 2.24) is 4.57 Å². The SMILES string of the molecule is CSCc1cn(C)c2ccc(F)cc12. The average molecular weight is 209 g/mol. The number of thioether (sulfide) groups is 1. The van der Waals surface area contributed by atoms with E-state index in [1.807, 2.05) is 17.7 Å². The van der Waals surface area contributed by atoms with Crippen molar-refractivity contribution in [2.45, 2.75) is 5.75 Å². The summed E-state index contributed by atoms with van der Waals surface area (Å²) >= 11 is 1.75. The lowest BCUT2D eigenvalue weighted by Crippen LogP contribution is -1.83. The molecule has 2 aromatic rings. The predicted octanol–water partition coefficient (Wildman–Crippen LogP) is 3.18. The third kappa shape index (κ3) is 1.52. The van der Waals surface area contributed by atoms with Crippen molar-refractivity contribution in [3.8, 4) is 0 Å². The third-order valence-corrected chi connectivity index (χ3v) is 2.93. The molecular weight excluding hydrogens is 197 g/mol. The minimum atomic E-state index is -0.161. The Morgan fingerprint density at radius 1 is 1.43 bits per heavy atom. The summed E-state index contributed by atoms with van der Waals surface area (Å²) in [7, 11) is 1.99. The molecule has 0 N–H and O–H groups in total. The Morgan fingerprint density at radius 3 is 2.93 bits per heavy atom. The second-order valence-electron chi connectivity index (χ2n) is 3.36. The zero-order valence-corrected chi connectivity index (χ0v) is 9.07. The Morgan fingerprint density at radius 2 is 2.21 bits per heavy atom. The van der Waals surface area contributed by atoms with Gasteiger partial charge in [-0.1, -0.05) is 0 Å². The van der Waals surface area contributed by atoms with Crippen LogP contribution in [-0.2, 0) is 12.8 Å². The van der Waals surface area contributed by atoms with Gasteiger partial charge >= 0.3 is 0 Å². The van der Waals surface area contributed by atoms with Gasteiger partial charge in [0.05, 0.1) is 0 Å². The second-order valence-corrected chi connectivity index (χ2v) is 4.23. The maximum Gasteiger partial charge on any atom is 0.123 e.